The Balaban J connectivity index is 1.32. The summed E-state index contributed by atoms with van der Waals surface area (Å²) >= 11 is 0. The second kappa shape index (κ2) is 7.86. The highest BCUT2D eigenvalue weighted by Crippen LogP contribution is 2.60. The molecule has 4 bridgehead atoms. The van der Waals surface area contributed by atoms with Crippen LogP contribution in [0.2, 0.25) is 0 Å². The number of amides is 2. The first-order chi connectivity index (χ1) is 13.5. The molecule has 28 heavy (non-hydrogen) atoms. The number of ether oxygens (including phenoxy) is 1. The third-order valence-electron chi connectivity index (χ3n) is 6.98. The molecule has 5 heteroatoms. The summed E-state index contributed by atoms with van der Waals surface area (Å²) in [5.41, 5.74) is 1.55. The normalized spacial score (nSPS) is 31.4. The van der Waals surface area contributed by atoms with Crippen molar-refractivity contribution in [2.45, 2.75) is 58.0 Å². The van der Waals surface area contributed by atoms with Crippen LogP contribution in [0.1, 0.15) is 61.4 Å². The van der Waals surface area contributed by atoms with Gasteiger partial charge >= 0.3 is 0 Å². The molecule has 0 aromatic heterocycles. The molecule has 4 fully saturated rings. The smallest absolute Gasteiger partial charge is 0.251 e. The number of methoxy groups -OCH3 is 1. The van der Waals surface area contributed by atoms with Crippen molar-refractivity contribution in [1.82, 2.24) is 10.6 Å². The van der Waals surface area contributed by atoms with E-state index in [1.165, 1.54) is 19.3 Å². The molecule has 0 saturated heterocycles. The molecule has 5 nitrogen and oxygen atoms in total. The van der Waals surface area contributed by atoms with Gasteiger partial charge in [0.1, 0.15) is 0 Å². The maximum atomic E-state index is 13.0. The number of hydrogen-bond donors (Lipinski definition) is 2. The lowest BCUT2D eigenvalue weighted by Gasteiger charge is -2.55. The number of nitrogens with one attached hydrogen (secondary N) is 2. The van der Waals surface area contributed by atoms with Crippen LogP contribution in [-0.4, -0.2) is 31.6 Å². The Hall–Kier alpha value is -1.88. The van der Waals surface area contributed by atoms with Crippen LogP contribution in [0.5, 0.6) is 0 Å². The van der Waals surface area contributed by atoms with Crippen LogP contribution in [-0.2, 0) is 16.1 Å². The lowest BCUT2D eigenvalue weighted by Crippen LogP contribution is -2.53. The highest BCUT2D eigenvalue weighted by atomic mass is 16.5. The molecule has 2 amide bonds. The minimum atomic E-state index is -0.105. The summed E-state index contributed by atoms with van der Waals surface area (Å²) in [6, 6.07) is 7.46. The van der Waals surface area contributed by atoms with Crippen molar-refractivity contribution in [3.8, 4) is 0 Å². The molecule has 0 spiro atoms. The fourth-order valence-electron chi connectivity index (χ4n) is 6.13. The quantitative estimate of drug-likeness (QED) is 0.758. The Bertz CT molecular complexity index is 693. The van der Waals surface area contributed by atoms with E-state index >= 15 is 0 Å². The Morgan fingerprint density at radius 3 is 2.18 bits per heavy atom. The average molecular weight is 385 g/mol. The standard InChI is InChI=1S/C23H32N2O3/c1-15(14-28-2)25-21(26)20-5-3-16(4-6-20)13-24-22(27)23-10-17-7-18(11-23)9-19(8-17)12-23/h3-6,15,17-19H,7-14H2,1-2H3,(H,24,27)(H,25,26)/t15-,17?,18?,19?,23?/m1/s1. The monoisotopic (exact) mass is 384 g/mol. The summed E-state index contributed by atoms with van der Waals surface area (Å²) in [7, 11) is 1.62. The number of hydrogen-bond acceptors (Lipinski definition) is 3. The SMILES string of the molecule is COC[C@@H](C)NC(=O)c1ccc(CNC(=O)C23CC4CC(CC(C4)C2)C3)cc1. The van der Waals surface area contributed by atoms with Crippen LogP contribution in [0.25, 0.3) is 0 Å². The van der Waals surface area contributed by atoms with E-state index in [4.69, 9.17) is 4.74 Å². The maximum Gasteiger partial charge on any atom is 0.251 e. The lowest BCUT2D eigenvalue weighted by atomic mass is 9.49. The van der Waals surface area contributed by atoms with Crippen LogP contribution in [0, 0.1) is 23.2 Å². The highest BCUT2D eigenvalue weighted by molar-refractivity contribution is 5.94. The summed E-state index contributed by atoms with van der Waals surface area (Å²) < 4.78 is 5.05. The summed E-state index contributed by atoms with van der Waals surface area (Å²) in [5, 5.41) is 6.11. The third kappa shape index (κ3) is 3.95. The van der Waals surface area contributed by atoms with Crippen LogP contribution >= 0.6 is 0 Å². The van der Waals surface area contributed by atoms with E-state index < -0.39 is 0 Å². The summed E-state index contributed by atoms with van der Waals surface area (Å²) in [6.07, 6.45) is 7.30. The first-order valence-electron chi connectivity index (χ1n) is 10.6. The molecule has 1 atom stereocenters. The molecule has 4 aliphatic carbocycles. The van der Waals surface area contributed by atoms with Gasteiger partial charge in [0.25, 0.3) is 5.91 Å². The Morgan fingerprint density at radius 1 is 1.07 bits per heavy atom. The van der Waals surface area contributed by atoms with Crippen LogP contribution in [0.3, 0.4) is 0 Å². The molecule has 152 valence electrons. The molecular weight excluding hydrogens is 352 g/mol. The van der Waals surface area contributed by atoms with Crippen LogP contribution < -0.4 is 10.6 Å². The lowest BCUT2D eigenvalue weighted by molar-refractivity contribution is -0.146. The third-order valence-corrected chi connectivity index (χ3v) is 6.98. The van der Waals surface area contributed by atoms with E-state index in [9.17, 15) is 9.59 Å². The van der Waals surface area contributed by atoms with E-state index in [0.717, 1.165) is 42.6 Å². The zero-order valence-corrected chi connectivity index (χ0v) is 17.0. The Kier molecular flexibility index (Phi) is 5.46. The van der Waals surface area contributed by atoms with Crippen molar-refractivity contribution in [3.05, 3.63) is 35.4 Å². The molecule has 5 rings (SSSR count). The van der Waals surface area contributed by atoms with Crippen molar-refractivity contribution >= 4 is 11.8 Å². The first kappa shape index (κ1) is 19.4. The second-order valence-corrected chi connectivity index (χ2v) is 9.41. The maximum absolute atomic E-state index is 13.0. The summed E-state index contributed by atoms with van der Waals surface area (Å²) in [4.78, 5) is 25.3. The van der Waals surface area contributed by atoms with E-state index in [2.05, 4.69) is 10.6 Å². The first-order valence-corrected chi connectivity index (χ1v) is 10.6. The number of rotatable bonds is 7. The minimum absolute atomic E-state index is 0.0308. The van der Waals surface area contributed by atoms with Gasteiger partial charge < -0.3 is 15.4 Å². The van der Waals surface area contributed by atoms with E-state index in [1.54, 1.807) is 7.11 Å². The molecule has 0 heterocycles. The highest BCUT2D eigenvalue weighted by Gasteiger charge is 2.54. The van der Waals surface area contributed by atoms with Crippen LogP contribution in [0.15, 0.2) is 24.3 Å². The van der Waals surface area contributed by atoms with E-state index in [-0.39, 0.29) is 23.3 Å². The van der Waals surface area contributed by atoms with Gasteiger partial charge in [-0.25, -0.2) is 0 Å². The van der Waals surface area contributed by atoms with Gasteiger partial charge in [0.15, 0.2) is 0 Å². The molecule has 0 unspecified atom stereocenters. The summed E-state index contributed by atoms with van der Waals surface area (Å²) in [6.45, 7) is 2.93. The van der Waals surface area contributed by atoms with Gasteiger partial charge in [-0.05, 0) is 80.9 Å². The molecule has 1 aromatic rings. The van der Waals surface area contributed by atoms with Gasteiger partial charge in [0, 0.05) is 30.7 Å². The van der Waals surface area contributed by atoms with E-state index in [0.29, 0.717) is 18.7 Å². The topological polar surface area (TPSA) is 67.4 Å². The minimum Gasteiger partial charge on any atom is -0.383 e. The fraction of sp³-hybridized carbons (Fsp3) is 0.652. The van der Waals surface area contributed by atoms with Crippen molar-refractivity contribution in [2.24, 2.45) is 23.2 Å². The van der Waals surface area contributed by atoms with Gasteiger partial charge in [0.2, 0.25) is 5.91 Å². The molecule has 0 aliphatic heterocycles. The number of carbonyl (C=O) groups is 2. The molecule has 4 aliphatic rings. The predicted octanol–water partition coefficient (Wildman–Crippen LogP) is 3.28. The van der Waals surface area contributed by atoms with Crippen LogP contribution in [0.4, 0.5) is 0 Å². The van der Waals surface area contributed by atoms with Gasteiger partial charge in [0.05, 0.1) is 6.61 Å². The molecule has 1 aromatic carbocycles. The van der Waals surface area contributed by atoms with Gasteiger partial charge in [-0.1, -0.05) is 12.1 Å². The number of carbonyl (C=O) groups excluding carboxylic acids is 2. The molecule has 0 radical (unpaired) electrons. The molecule has 4 saturated carbocycles. The average Bonchev–Trinajstić information content (AvgIpc) is 2.65. The largest absolute Gasteiger partial charge is 0.383 e. The Labute approximate surface area is 167 Å². The second-order valence-electron chi connectivity index (χ2n) is 9.41. The van der Waals surface area contributed by atoms with Crippen molar-refractivity contribution in [2.75, 3.05) is 13.7 Å². The van der Waals surface area contributed by atoms with Crippen molar-refractivity contribution in [1.29, 1.82) is 0 Å². The van der Waals surface area contributed by atoms with Crippen molar-refractivity contribution < 1.29 is 14.3 Å². The van der Waals surface area contributed by atoms with Gasteiger partial charge in [-0.15, -0.1) is 0 Å². The van der Waals surface area contributed by atoms with Gasteiger partial charge in [-0.2, -0.15) is 0 Å². The zero-order valence-electron chi connectivity index (χ0n) is 17.0. The Morgan fingerprint density at radius 2 is 1.64 bits per heavy atom. The zero-order chi connectivity index (χ0) is 19.7. The number of benzene rings is 1. The molecule has 2 N–H and O–H groups in total. The van der Waals surface area contributed by atoms with Gasteiger partial charge in [-0.3, -0.25) is 9.59 Å². The summed E-state index contributed by atoms with van der Waals surface area (Å²) in [5.74, 6) is 2.47. The molecular formula is C23H32N2O3. The predicted molar refractivity (Wildman–Crippen MR) is 108 cm³/mol. The van der Waals surface area contributed by atoms with Crippen molar-refractivity contribution in [3.63, 3.8) is 0 Å². The fourth-order valence-corrected chi connectivity index (χ4v) is 6.13. The van der Waals surface area contributed by atoms with E-state index in [1.807, 2.05) is 31.2 Å².